The topological polar surface area (TPSA) is 103 Å². The number of aryl methyl sites for hydroxylation is 2. The standard InChI is InChI=1S/C19H24N2O6/c1-5-25-18(23)17-13(4)20-19(24)21-15(17)9-27-16(22)10-26-14-7-6-11(2)12(3)8-14/h6-8,13H,5,9-10H2,1-4H3,(H2,20,21,24)/t13-/m1/s1. The first-order valence-corrected chi connectivity index (χ1v) is 8.65. The van der Waals surface area contributed by atoms with E-state index in [-0.39, 0.29) is 31.1 Å². The lowest BCUT2D eigenvalue weighted by atomic mass is 10.0. The highest BCUT2D eigenvalue weighted by Crippen LogP contribution is 2.17. The van der Waals surface area contributed by atoms with Gasteiger partial charge in [0, 0.05) is 0 Å². The molecule has 0 saturated carbocycles. The molecule has 0 radical (unpaired) electrons. The van der Waals surface area contributed by atoms with E-state index < -0.39 is 24.0 Å². The third-order valence-electron chi connectivity index (χ3n) is 4.08. The number of urea groups is 1. The number of amides is 2. The number of carbonyl (C=O) groups excluding carboxylic acids is 3. The zero-order valence-corrected chi connectivity index (χ0v) is 15.9. The van der Waals surface area contributed by atoms with Crippen molar-refractivity contribution in [1.29, 1.82) is 0 Å². The summed E-state index contributed by atoms with van der Waals surface area (Å²) in [6, 6.07) is 4.47. The maximum Gasteiger partial charge on any atom is 0.344 e. The van der Waals surface area contributed by atoms with E-state index in [9.17, 15) is 14.4 Å². The number of ether oxygens (including phenoxy) is 3. The molecule has 0 aromatic heterocycles. The third kappa shape index (κ3) is 5.47. The van der Waals surface area contributed by atoms with Gasteiger partial charge in [0.1, 0.15) is 12.4 Å². The fraction of sp³-hybridized carbons (Fsp3) is 0.421. The van der Waals surface area contributed by atoms with Gasteiger partial charge in [-0.25, -0.2) is 14.4 Å². The van der Waals surface area contributed by atoms with Crippen LogP contribution in [0.4, 0.5) is 4.79 Å². The lowest BCUT2D eigenvalue weighted by Crippen LogP contribution is -2.50. The fourth-order valence-corrected chi connectivity index (χ4v) is 2.53. The molecule has 1 atom stereocenters. The SMILES string of the molecule is CCOC(=O)C1=C(COC(=O)COc2ccc(C)c(C)c2)NC(=O)N[C@@H]1C. The molecule has 8 heteroatoms. The number of benzene rings is 1. The molecule has 2 amide bonds. The Morgan fingerprint density at radius 2 is 1.89 bits per heavy atom. The van der Waals surface area contributed by atoms with E-state index in [0.717, 1.165) is 11.1 Å². The Morgan fingerprint density at radius 1 is 1.15 bits per heavy atom. The van der Waals surface area contributed by atoms with Gasteiger partial charge in [-0.05, 0) is 51.0 Å². The monoisotopic (exact) mass is 376 g/mol. The maximum atomic E-state index is 12.1. The Labute approximate surface area is 157 Å². The predicted molar refractivity (Wildman–Crippen MR) is 97.2 cm³/mol. The van der Waals surface area contributed by atoms with E-state index in [4.69, 9.17) is 14.2 Å². The normalized spacial score (nSPS) is 16.3. The van der Waals surface area contributed by atoms with Crippen LogP contribution in [-0.2, 0) is 19.1 Å². The van der Waals surface area contributed by atoms with Crippen molar-refractivity contribution < 1.29 is 28.6 Å². The molecule has 1 aromatic rings. The second-order valence-corrected chi connectivity index (χ2v) is 6.13. The Balaban J connectivity index is 1.98. The van der Waals surface area contributed by atoms with E-state index >= 15 is 0 Å². The highest BCUT2D eigenvalue weighted by Gasteiger charge is 2.30. The summed E-state index contributed by atoms with van der Waals surface area (Å²) in [5.74, 6) is -0.635. The van der Waals surface area contributed by atoms with Crippen LogP contribution in [0.15, 0.2) is 29.5 Å². The molecule has 2 N–H and O–H groups in total. The first-order chi connectivity index (χ1) is 12.8. The average Bonchev–Trinajstić information content (AvgIpc) is 2.60. The Kier molecular flexibility index (Phi) is 6.81. The van der Waals surface area contributed by atoms with Gasteiger partial charge in [0.25, 0.3) is 0 Å². The summed E-state index contributed by atoms with van der Waals surface area (Å²) in [6.07, 6.45) is 0. The van der Waals surface area contributed by atoms with Crippen LogP contribution in [0.5, 0.6) is 5.75 Å². The summed E-state index contributed by atoms with van der Waals surface area (Å²) >= 11 is 0. The minimum atomic E-state index is -0.621. The Morgan fingerprint density at radius 3 is 2.56 bits per heavy atom. The largest absolute Gasteiger partial charge is 0.482 e. The number of rotatable bonds is 7. The molecule has 1 aliphatic heterocycles. The summed E-state index contributed by atoms with van der Waals surface area (Å²) in [5.41, 5.74) is 2.60. The van der Waals surface area contributed by atoms with Gasteiger partial charge in [-0.3, -0.25) is 0 Å². The second-order valence-electron chi connectivity index (χ2n) is 6.13. The van der Waals surface area contributed by atoms with Crippen molar-refractivity contribution >= 4 is 18.0 Å². The van der Waals surface area contributed by atoms with E-state index in [0.29, 0.717) is 5.75 Å². The number of hydrogen-bond donors (Lipinski definition) is 2. The third-order valence-corrected chi connectivity index (χ3v) is 4.08. The van der Waals surface area contributed by atoms with Gasteiger partial charge in [0.2, 0.25) is 0 Å². The van der Waals surface area contributed by atoms with Crippen LogP contribution in [0.25, 0.3) is 0 Å². The van der Waals surface area contributed by atoms with Gasteiger partial charge >= 0.3 is 18.0 Å². The summed E-state index contributed by atoms with van der Waals surface area (Å²) in [6.45, 7) is 6.91. The van der Waals surface area contributed by atoms with Crippen LogP contribution < -0.4 is 15.4 Å². The second kappa shape index (κ2) is 9.07. The maximum absolute atomic E-state index is 12.1. The van der Waals surface area contributed by atoms with Crippen molar-refractivity contribution in [3.05, 3.63) is 40.6 Å². The Hall–Kier alpha value is -3.03. The molecule has 2 rings (SSSR count). The molecule has 27 heavy (non-hydrogen) atoms. The van der Waals surface area contributed by atoms with Crippen LogP contribution in [0, 0.1) is 13.8 Å². The van der Waals surface area contributed by atoms with Gasteiger partial charge in [-0.2, -0.15) is 0 Å². The molecule has 0 fully saturated rings. The van der Waals surface area contributed by atoms with E-state index in [1.54, 1.807) is 19.9 Å². The van der Waals surface area contributed by atoms with Crippen LogP contribution in [0.1, 0.15) is 25.0 Å². The van der Waals surface area contributed by atoms with Crippen molar-refractivity contribution in [3.8, 4) is 5.75 Å². The molecule has 0 unspecified atom stereocenters. The summed E-state index contributed by atoms with van der Waals surface area (Å²) < 4.78 is 15.6. The van der Waals surface area contributed by atoms with Crippen molar-refractivity contribution in [2.45, 2.75) is 33.7 Å². The first-order valence-electron chi connectivity index (χ1n) is 8.65. The van der Waals surface area contributed by atoms with Gasteiger partial charge < -0.3 is 24.8 Å². The number of nitrogens with one attached hydrogen (secondary N) is 2. The van der Waals surface area contributed by atoms with Gasteiger partial charge in [0.05, 0.1) is 23.9 Å². The summed E-state index contributed by atoms with van der Waals surface area (Å²) in [4.78, 5) is 35.7. The quantitative estimate of drug-likeness (QED) is 0.703. The molecule has 0 bridgehead atoms. The minimum Gasteiger partial charge on any atom is -0.482 e. The number of carbonyl (C=O) groups is 3. The molecule has 1 aromatic carbocycles. The van der Waals surface area contributed by atoms with E-state index in [2.05, 4.69) is 10.6 Å². The molecular weight excluding hydrogens is 352 g/mol. The average molecular weight is 376 g/mol. The number of hydrogen-bond acceptors (Lipinski definition) is 6. The van der Waals surface area contributed by atoms with Crippen LogP contribution >= 0.6 is 0 Å². The van der Waals surface area contributed by atoms with Crippen molar-refractivity contribution in [1.82, 2.24) is 10.6 Å². The van der Waals surface area contributed by atoms with Gasteiger partial charge in [-0.1, -0.05) is 6.07 Å². The Bertz CT molecular complexity index is 771. The molecular formula is C19H24N2O6. The summed E-state index contributed by atoms with van der Waals surface area (Å²) in [7, 11) is 0. The van der Waals surface area contributed by atoms with Gasteiger partial charge in [-0.15, -0.1) is 0 Å². The smallest absolute Gasteiger partial charge is 0.344 e. The highest BCUT2D eigenvalue weighted by atomic mass is 16.6. The molecule has 0 saturated heterocycles. The van der Waals surface area contributed by atoms with Crippen LogP contribution in [0.2, 0.25) is 0 Å². The molecule has 146 valence electrons. The van der Waals surface area contributed by atoms with Crippen molar-refractivity contribution in [2.24, 2.45) is 0 Å². The van der Waals surface area contributed by atoms with Crippen molar-refractivity contribution in [3.63, 3.8) is 0 Å². The molecule has 8 nitrogen and oxygen atoms in total. The highest BCUT2D eigenvalue weighted by molar-refractivity contribution is 5.94. The van der Waals surface area contributed by atoms with Gasteiger partial charge in [0.15, 0.2) is 6.61 Å². The molecule has 1 aliphatic rings. The van der Waals surface area contributed by atoms with Crippen LogP contribution in [0.3, 0.4) is 0 Å². The van der Waals surface area contributed by atoms with E-state index in [1.165, 1.54) is 0 Å². The molecule has 1 heterocycles. The predicted octanol–water partition coefficient (Wildman–Crippen LogP) is 1.74. The summed E-state index contributed by atoms with van der Waals surface area (Å²) in [5, 5.41) is 5.06. The first kappa shape index (κ1) is 20.3. The lowest BCUT2D eigenvalue weighted by molar-refractivity contribution is -0.145. The lowest BCUT2D eigenvalue weighted by Gasteiger charge is -2.26. The molecule has 0 spiro atoms. The molecule has 0 aliphatic carbocycles. The van der Waals surface area contributed by atoms with Crippen LogP contribution in [-0.4, -0.2) is 43.8 Å². The fourth-order valence-electron chi connectivity index (χ4n) is 2.53. The van der Waals surface area contributed by atoms with E-state index in [1.807, 2.05) is 26.0 Å². The minimum absolute atomic E-state index is 0.194. The zero-order chi connectivity index (χ0) is 20.0. The number of esters is 2. The van der Waals surface area contributed by atoms with Crippen molar-refractivity contribution in [2.75, 3.05) is 19.8 Å². The zero-order valence-electron chi connectivity index (χ0n) is 15.9.